The Morgan fingerprint density at radius 3 is 2.89 bits per heavy atom. The highest BCUT2D eigenvalue weighted by molar-refractivity contribution is 7.09. The average Bonchev–Trinajstić information content (AvgIpc) is 2.93. The maximum Gasteiger partial charge on any atom is 0.123 e. The van der Waals surface area contributed by atoms with Crippen LogP contribution in [-0.2, 0) is 6.42 Å². The monoisotopic (exact) mass is 296 g/mol. The molecular weight excluding hydrogens is 280 g/mol. The van der Waals surface area contributed by atoms with E-state index in [9.17, 15) is 0 Å². The van der Waals surface area contributed by atoms with E-state index in [0.717, 1.165) is 24.2 Å². The molecule has 3 N–H and O–H groups in total. The van der Waals surface area contributed by atoms with Crippen LogP contribution in [0.1, 0.15) is 22.9 Å². The predicted octanol–water partition coefficient (Wildman–Crippen LogP) is 3.55. The third-order valence-electron chi connectivity index (χ3n) is 3.03. The number of halogens is 1. The lowest BCUT2D eigenvalue weighted by molar-refractivity contribution is 0.396. The first kappa shape index (κ1) is 14.3. The summed E-state index contributed by atoms with van der Waals surface area (Å²) in [5.74, 6) is 6.48. The van der Waals surface area contributed by atoms with Crippen molar-refractivity contribution in [1.29, 1.82) is 0 Å². The Bertz CT molecular complexity index is 516. The second-order valence-electron chi connectivity index (χ2n) is 4.22. The predicted molar refractivity (Wildman–Crippen MR) is 80.7 cm³/mol. The van der Waals surface area contributed by atoms with Crippen LogP contribution in [0.25, 0.3) is 0 Å². The summed E-state index contributed by atoms with van der Waals surface area (Å²) in [7, 11) is 1.65. The van der Waals surface area contributed by atoms with Crippen molar-refractivity contribution in [1.82, 2.24) is 5.43 Å². The first-order valence-corrected chi connectivity index (χ1v) is 7.32. The van der Waals surface area contributed by atoms with Crippen LogP contribution in [0.4, 0.5) is 0 Å². The van der Waals surface area contributed by atoms with Gasteiger partial charge in [0.1, 0.15) is 5.75 Å². The molecular formula is C14H17ClN2OS. The SMILES string of the molecule is COc1ccc(Cl)cc1C(CCc1cccs1)NN. The molecule has 2 rings (SSSR count). The van der Waals surface area contributed by atoms with Crippen molar-refractivity contribution in [3.8, 4) is 5.75 Å². The van der Waals surface area contributed by atoms with Crippen LogP contribution in [0.15, 0.2) is 35.7 Å². The fourth-order valence-corrected chi connectivity index (χ4v) is 2.95. The molecule has 0 saturated heterocycles. The Labute approximate surface area is 122 Å². The Morgan fingerprint density at radius 2 is 2.26 bits per heavy atom. The zero-order chi connectivity index (χ0) is 13.7. The molecule has 0 spiro atoms. The smallest absolute Gasteiger partial charge is 0.123 e. The minimum Gasteiger partial charge on any atom is -0.496 e. The molecule has 1 heterocycles. The van der Waals surface area contributed by atoms with Gasteiger partial charge in [-0.25, -0.2) is 0 Å². The van der Waals surface area contributed by atoms with E-state index in [-0.39, 0.29) is 6.04 Å². The fourth-order valence-electron chi connectivity index (χ4n) is 2.05. The van der Waals surface area contributed by atoms with Crippen molar-refractivity contribution in [3.05, 3.63) is 51.2 Å². The zero-order valence-electron chi connectivity index (χ0n) is 10.7. The largest absolute Gasteiger partial charge is 0.496 e. The van der Waals surface area contributed by atoms with Crippen molar-refractivity contribution < 1.29 is 4.74 Å². The molecule has 1 aromatic carbocycles. The summed E-state index contributed by atoms with van der Waals surface area (Å²) in [6.45, 7) is 0. The topological polar surface area (TPSA) is 47.3 Å². The number of ether oxygens (including phenoxy) is 1. The average molecular weight is 297 g/mol. The van der Waals surface area contributed by atoms with Gasteiger partial charge in [0.2, 0.25) is 0 Å². The van der Waals surface area contributed by atoms with Crippen molar-refractivity contribution in [2.24, 2.45) is 5.84 Å². The van der Waals surface area contributed by atoms with Gasteiger partial charge in [0.15, 0.2) is 0 Å². The van der Waals surface area contributed by atoms with Gasteiger partial charge in [-0.2, -0.15) is 0 Å². The standard InChI is InChI=1S/C14H17ClN2OS/c1-18-14-7-4-10(15)9-12(14)13(17-16)6-5-11-3-2-8-19-11/h2-4,7-9,13,17H,5-6,16H2,1H3. The van der Waals surface area contributed by atoms with Gasteiger partial charge >= 0.3 is 0 Å². The lowest BCUT2D eigenvalue weighted by Crippen LogP contribution is -2.28. The molecule has 19 heavy (non-hydrogen) atoms. The number of hydrogen-bond acceptors (Lipinski definition) is 4. The molecule has 1 unspecified atom stereocenters. The molecule has 0 aliphatic carbocycles. The van der Waals surface area contributed by atoms with E-state index in [4.69, 9.17) is 22.2 Å². The maximum absolute atomic E-state index is 6.05. The number of methoxy groups -OCH3 is 1. The van der Waals surface area contributed by atoms with Gasteiger partial charge in [-0.3, -0.25) is 11.3 Å². The van der Waals surface area contributed by atoms with E-state index in [1.165, 1.54) is 4.88 Å². The summed E-state index contributed by atoms with van der Waals surface area (Å²) < 4.78 is 5.37. The van der Waals surface area contributed by atoms with Gasteiger partial charge in [0.25, 0.3) is 0 Å². The normalized spacial score (nSPS) is 12.4. The van der Waals surface area contributed by atoms with E-state index >= 15 is 0 Å². The number of rotatable bonds is 6. The minimum atomic E-state index is 0.0238. The molecule has 2 aromatic rings. The van der Waals surface area contributed by atoms with Crippen molar-refractivity contribution >= 4 is 22.9 Å². The first-order valence-electron chi connectivity index (χ1n) is 6.06. The summed E-state index contributed by atoms with van der Waals surface area (Å²) in [5.41, 5.74) is 3.84. The number of hydrogen-bond donors (Lipinski definition) is 2. The lowest BCUT2D eigenvalue weighted by Gasteiger charge is -2.19. The van der Waals surface area contributed by atoms with E-state index in [2.05, 4.69) is 22.9 Å². The van der Waals surface area contributed by atoms with Gasteiger partial charge in [-0.15, -0.1) is 11.3 Å². The molecule has 0 saturated carbocycles. The quantitative estimate of drug-likeness (QED) is 0.633. The van der Waals surface area contributed by atoms with Crippen LogP contribution >= 0.6 is 22.9 Å². The molecule has 0 bridgehead atoms. The zero-order valence-corrected chi connectivity index (χ0v) is 12.3. The van der Waals surface area contributed by atoms with Gasteiger partial charge in [0, 0.05) is 15.5 Å². The Hall–Kier alpha value is -1.07. The summed E-state index contributed by atoms with van der Waals surface area (Å²) in [6, 6.07) is 9.80. The summed E-state index contributed by atoms with van der Waals surface area (Å²) in [4.78, 5) is 1.35. The van der Waals surface area contributed by atoms with Crippen LogP contribution in [-0.4, -0.2) is 7.11 Å². The Kier molecular flexibility index (Phi) is 5.22. The van der Waals surface area contributed by atoms with E-state index in [1.54, 1.807) is 18.4 Å². The fraction of sp³-hybridized carbons (Fsp3) is 0.286. The number of thiophene rings is 1. The molecule has 5 heteroatoms. The first-order chi connectivity index (χ1) is 9.24. The van der Waals surface area contributed by atoms with Gasteiger partial charge < -0.3 is 4.74 Å². The van der Waals surface area contributed by atoms with Crippen LogP contribution in [0, 0.1) is 0 Å². The van der Waals surface area contributed by atoms with Crippen LogP contribution in [0.2, 0.25) is 5.02 Å². The second kappa shape index (κ2) is 6.91. The molecule has 0 fully saturated rings. The lowest BCUT2D eigenvalue weighted by atomic mass is 10.0. The van der Waals surface area contributed by atoms with Crippen LogP contribution in [0.5, 0.6) is 5.75 Å². The van der Waals surface area contributed by atoms with Gasteiger partial charge in [0.05, 0.1) is 13.2 Å². The van der Waals surface area contributed by atoms with E-state index < -0.39 is 0 Å². The molecule has 3 nitrogen and oxygen atoms in total. The molecule has 0 aliphatic heterocycles. The number of benzene rings is 1. The number of nitrogens with one attached hydrogen (secondary N) is 1. The number of hydrazine groups is 1. The van der Waals surface area contributed by atoms with Crippen molar-refractivity contribution in [2.45, 2.75) is 18.9 Å². The third-order valence-corrected chi connectivity index (χ3v) is 4.20. The molecule has 102 valence electrons. The molecule has 1 atom stereocenters. The van der Waals surface area contributed by atoms with Crippen molar-refractivity contribution in [2.75, 3.05) is 7.11 Å². The maximum atomic E-state index is 6.05. The molecule has 0 radical (unpaired) electrons. The van der Waals surface area contributed by atoms with Crippen LogP contribution < -0.4 is 16.0 Å². The third kappa shape index (κ3) is 3.70. The summed E-state index contributed by atoms with van der Waals surface area (Å²) in [5, 5.41) is 2.77. The molecule has 1 aromatic heterocycles. The molecule has 0 amide bonds. The number of aryl methyl sites for hydroxylation is 1. The molecule has 0 aliphatic rings. The van der Waals surface area contributed by atoms with E-state index in [1.807, 2.05) is 18.2 Å². The van der Waals surface area contributed by atoms with E-state index in [0.29, 0.717) is 5.02 Å². The summed E-state index contributed by atoms with van der Waals surface area (Å²) >= 11 is 7.81. The highest BCUT2D eigenvalue weighted by atomic mass is 35.5. The van der Waals surface area contributed by atoms with Crippen molar-refractivity contribution in [3.63, 3.8) is 0 Å². The Morgan fingerprint density at radius 1 is 1.42 bits per heavy atom. The highest BCUT2D eigenvalue weighted by Gasteiger charge is 2.15. The number of nitrogens with two attached hydrogens (primary N) is 1. The van der Waals surface area contributed by atoms with Gasteiger partial charge in [-0.05, 0) is 42.5 Å². The summed E-state index contributed by atoms with van der Waals surface area (Å²) in [6.07, 6.45) is 1.87. The Balaban J connectivity index is 2.14. The minimum absolute atomic E-state index is 0.0238. The van der Waals surface area contributed by atoms with Crippen LogP contribution in [0.3, 0.4) is 0 Å². The highest BCUT2D eigenvalue weighted by Crippen LogP contribution is 2.30. The second-order valence-corrected chi connectivity index (χ2v) is 5.69. The van der Waals surface area contributed by atoms with Gasteiger partial charge in [-0.1, -0.05) is 17.7 Å².